The first-order valence-electron chi connectivity index (χ1n) is 5.78. The van der Waals surface area contributed by atoms with Crippen molar-refractivity contribution >= 4 is 5.91 Å². The van der Waals surface area contributed by atoms with E-state index in [4.69, 9.17) is 9.47 Å². The van der Waals surface area contributed by atoms with Crippen LogP contribution in [0.2, 0.25) is 0 Å². The average molecular weight is 255 g/mol. The van der Waals surface area contributed by atoms with E-state index in [1.807, 2.05) is 6.92 Å². The Balaban J connectivity index is 2.23. The van der Waals surface area contributed by atoms with Gasteiger partial charge in [0.05, 0.1) is 19.6 Å². The van der Waals surface area contributed by atoms with Gasteiger partial charge in [-0.25, -0.2) is 4.39 Å². The number of ether oxygens (including phenoxy) is 2. The predicted molar refractivity (Wildman–Crippen MR) is 66.0 cm³/mol. The largest absolute Gasteiger partial charge is 0.493 e. The van der Waals surface area contributed by atoms with Crippen molar-refractivity contribution in [2.24, 2.45) is 0 Å². The summed E-state index contributed by atoms with van der Waals surface area (Å²) in [4.78, 5) is 11.5. The molecule has 0 heterocycles. The second-order valence-corrected chi connectivity index (χ2v) is 3.98. The molecule has 0 fully saturated rings. The molecular formula is C13H18FNO3. The van der Waals surface area contributed by atoms with Crippen LogP contribution < -0.4 is 10.1 Å². The summed E-state index contributed by atoms with van der Waals surface area (Å²) in [5.41, 5.74) is 0. The molecule has 0 saturated carbocycles. The first kappa shape index (κ1) is 14.4. The van der Waals surface area contributed by atoms with E-state index in [0.717, 1.165) is 0 Å². The second-order valence-electron chi connectivity index (χ2n) is 3.98. The Morgan fingerprint density at radius 3 is 2.94 bits per heavy atom. The van der Waals surface area contributed by atoms with Gasteiger partial charge in [-0.1, -0.05) is 6.07 Å². The number of rotatable bonds is 7. The zero-order chi connectivity index (χ0) is 13.4. The number of hydrogen-bond acceptors (Lipinski definition) is 3. The van der Waals surface area contributed by atoms with E-state index in [2.05, 4.69) is 5.32 Å². The summed E-state index contributed by atoms with van der Waals surface area (Å²) in [5, 5.41) is 2.76. The lowest BCUT2D eigenvalue weighted by Gasteiger charge is -2.12. The van der Waals surface area contributed by atoms with Gasteiger partial charge in [0, 0.05) is 19.2 Å². The van der Waals surface area contributed by atoms with E-state index in [-0.39, 0.29) is 30.8 Å². The fourth-order valence-corrected chi connectivity index (χ4v) is 1.46. The average Bonchev–Trinajstić information content (AvgIpc) is 2.29. The number of hydrogen-bond donors (Lipinski definition) is 1. The molecule has 1 aromatic carbocycles. The van der Waals surface area contributed by atoms with Gasteiger partial charge < -0.3 is 14.8 Å². The van der Waals surface area contributed by atoms with Gasteiger partial charge in [0.1, 0.15) is 11.6 Å². The maximum absolute atomic E-state index is 12.8. The summed E-state index contributed by atoms with van der Waals surface area (Å²) in [5.74, 6) is -0.0469. The Morgan fingerprint density at radius 2 is 2.28 bits per heavy atom. The van der Waals surface area contributed by atoms with Crippen molar-refractivity contribution < 1.29 is 18.7 Å². The third-order valence-electron chi connectivity index (χ3n) is 2.22. The topological polar surface area (TPSA) is 47.6 Å². The zero-order valence-corrected chi connectivity index (χ0v) is 10.6. The molecule has 0 saturated heterocycles. The molecule has 1 atom stereocenters. The van der Waals surface area contributed by atoms with Crippen LogP contribution in [0, 0.1) is 5.82 Å². The maximum atomic E-state index is 12.8. The molecule has 1 aromatic rings. The van der Waals surface area contributed by atoms with Crippen molar-refractivity contribution in [3.8, 4) is 5.75 Å². The van der Waals surface area contributed by atoms with Gasteiger partial charge in [-0.2, -0.15) is 0 Å². The predicted octanol–water partition coefficient (Wildman–Crippen LogP) is 1.75. The van der Waals surface area contributed by atoms with Gasteiger partial charge >= 0.3 is 0 Å². The highest BCUT2D eigenvalue weighted by atomic mass is 19.1. The molecule has 18 heavy (non-hydrogen) atoms. The van der Waals surface area contributed by atoms with E-state index >= 15 is 0 Å². The van der Waals surface area contributed by atoms with E-state index < -0.39 is 0 Å². The van der Waals surface area contributed by atoms with Gasteiger partial charge in [0.2, 0.25) is 5.91 Å². The van der Waals surface area contributed by atoms with Gasteiger partial charge in [-0.05, 0) is 19.1 Å². The van der Waals surface area contributed by atoms with Crippen LogP contribution in [0.15, 0.2) is 24.3 Å². The van der Waals surface area contributed by atoms with E-state index in [9.17, 15) is 9.18 Å². The summed E-state index contributed by atoms with van der Waals surface area (Å²) in [6.07, 6.45) is 0.227. The second kappa shape index (κ2) is 7.66. The molecule has 0 radical (unpaired) electrons. The first-order valence-corrected chi connectivity index (χ1v) is 5.78. The van der Waals surface area contributed by atoms with E-state index in [1.54, 1.807) is 19.2 Å². The van der Waals surface area contributed by atoms with Crippen molar-refractivity contribution in [2.75, 3.05) is 20.3 Å². The fourth-order valence-electron chi connectivity index (χ4n) is 1.46. The molecule has 1 amide bonds. The van der Waals surface area contributed by atoms with E-state index in [1.165, 1.54) is 12.1 Å². The molecule has 0 bridgehead atoms. The smallest absolute Gasteiger partial charge is 0.223 e. The summed E-state index contributed by atoms with van der Waals surface area (Å²) in [6.45, 7) is 2.54. The molecule has 4 nitrogen and oxygen atoms in total. The SMILES string of the molecule is COCC(C)NC(=O)CCOc1cccc(F)c1. The molecule has 100 valence electrons. The Hall–Kier alpha value is -1.62. The maximum Gasteiger partial charge on any atom is 0.223 e. The summed E-state index contributed by atoms with van der Waals surface area (Å²) in [6, 6.07) is 5.80. The molecule has 0 aliphatic rings. The lowest BCUT2D eigenvalue weighted by Crippen LogP contribution is -2.36. The normalized spacial score (nSPS) is 11.9. The van der Waals surface area contributed by atoms with Crippen molar-refractivity contribution in [2.45, 2.75) is 19.4 Å². The standard InChI is InChI=1S/C13H18FNO3/c1-10(9-17-2)15-13(16)6-7-18-12-5-3-4-11(14)8-12/h3-5,8,10H,6-7,9H2,1-2H3,(H,15,16). The number of carbonyl (C=O) groups is 1. The molecule has 1 N–H and O–H groups in total. The number of benzene rings is 1. The van der Waals surface area contributed by atoms with Crippen LogP contribution in [0.5, 0.6) is 5.75 Å². The van der Waals surface area contributed by atoms with Crippen molar-refractivity contribution in [1.29, 1.82) is 0 Å². The van der Waals surface area contributed by atoms with Crippen LogP contribution in [-0.4, -0.2) is 32.3 Å². The molecule has 5 heteroatoms. The monoisotopic (exact) mass is 255 g/mol. The van der Waals surface area contributed by atoms with Crippen molar-refractivity contribution in [3.63, 3.8) is 0 Å². The van der Waals surface area contributed by atoms with Gasteiger partial charge in [-0.3, -0.25) is 4.79 Å². The minimum Gasteiger partial charge on any atom is -0.493 e. The third kappa shape index (κ3) is 5.63. The molecule has 0 spiro atoms. The Bertz CT molecular complexity index is 384. The summed E-state index contributed by atoms with van der Waals surface area (Å²) >= 11 is 0. The number of methoxy groups -OCH3 is 1. The molecule has 1 unspecified atom stereocenters. The van der Waals surface area contributed by atoms with Crippen molar-refractivity contribution in [3.05, 3.63) is 30.1 Å². The van der Waals surface area contributed by atoms with Gasteiger partial charge in [0.25, 0.3) is 0 Å². The van der Waals surface area contributed by atoms with Crippen LogP contribution in [0.3, 0.4) is 0 Å². The minimum absolute atomic E-state index is 0.0309. The summed E-state index contributed by atoms with van der Waals surface area (Å²) < 4.78 is 23.0. The molecular weight excluding hydrogens is 237 g/mol. The lowest BCUT2D eigenvalue weighted by atomic mass is 10.3. The van der Waals surface area contributed by atoms with Gasteiger partial charge in [-0.15, -0.1) is 0 Å². The highest BCUT2D eigenvalue weighted by Crippen LogP contribution is 2.11. The molecule has 1 rings (SSSR count). The minimum atomic E-state index is -0.356. The summed E-state index contributed by atoms with van der Waals surface area (Å²) in [7, 11) is 1.58. The third-order valence-corrected chi connectivity index (χ3v) is 2.22. The molecule has 0 aliphatic heterocycles. The number of halogens is 1. The van der Waals surface area contributed by atoms with Crippen LogP contribution in [0.4, 0.5) is 4.39 Å². The van der Waals surface area contributed by atoms with E-state index in [0.29, 0.717) is 12.4 Å². The van der Waals surface area contributed by atoms with Crippen LogP contribution in [0.25, 0.3) is 0 Å². The zero-order valence-electron chi connectivity index (χ0n) is 10.6. The molecule has 0 aliphatic carbocycles. The van der Waals surface area contributed by atoms with Crippen molar-refractivity contribution in [1.82, 2.24) is 5.32 Å². The highest BCUT2D eigenvalue weighted by Gasteiger charge is 2.07. The van der Waals surface area contributed by atoms with Gasteiger partial charge in [0.15, 0.2) is 0 Å². The van der Waals surface area contributed by atoms with Crippen LogP contribution in [0.1, 0.15) is 13.3 Å². The Morgan fingerprint density at radius 1 is 1.50 bits per heavy atom. The quantitative estimate of drug-likeness (QED) is 0.807. The van der Waals surface area contributed by atoms with Crippen LogP contribution >= 0.6 is 0 Å². The van der Waals surface area contributed by atoms with Crippen LogP contribution in [-0.2, 0) is 9.53 Å². The first-order chi connectivity index (χ1) is 8.61. The highest BCUT2D eigenvalue weighted by molar-refractivity contribution is 5.76. The lowest BCUT2D eigenvalue weighted by molar-refractivity contribution is -0.122. The number of carbonyl (C=O) groups excluding carboxylic acids is 1. The number of amides is 1. The number of nitrogens with one attached hydrogen (secondary N) is 1. The Labute approximate surface area is 106 Å². The Kier molecular flexibility index (Phi) is 6.14. The fraction of sp³-hybridized carbons (Fsp3) is 0.462. The molecule has 0 aromatic heterocycles.